The molecule has 0 saturated heterocycles. The fourth-order valence-electron chi connectivity index (χ4n) is 2.77. The minimum absolute atomic E-state index is 0.489. The topological polar surface area (TPSA) is 39.7 Å². The van der Waals surface area contributed by atoms with Gasteiger partial charge in [0, 0.05) is 12.2 Å². The summed E-state index contributed by atoms with van der Waals surface area (Å²) in [5.41, 5.74) is 3.24. The Morgan fingerprint density at radius 3 is 2.32 bits per heavy atom. The van der Waals surface area contributed by atoms with Crippen LogP contribution in [-0.2, 0) is 13.2 Å². The zero-order chi connectivity index (χ0) is 19.8. The normalized spacial score (nSPS) is 10.4. The molecule has 3 aromatic rings. The molecule has 3 rings (SSSR count). The van der Waals surface area contributed by atoms with Crippen molar-refractivity contribution >= 4 is 21.6 Å². The Morgan fingerprint density at radius 1 is 0.893 bits per heavy atom. The summed E-state index contributed by atoms with van der Waals surface area (Å²) >= 11 is 3.64. The van der Waals surface area contributed by atoms with Crippen molar-refractivity contribution in [1.82, 2.24) is 0 Å². The molecule has 1 N–H and O–H groups in total. The van der Waals surface area contributed by atoms with E-state index in [4.69, 9.17) is 14.2 Å². The number of anilines is 1. The summed E-state index contributed by atoms with van der Waals surface area (Å²) in [6.07, 6.45) is 0. The Balaban J connectivity index is 1.71. The van der Waals surface area contributed by atoms with Crippen LogP contribution in [0.5, 0.6) is 17.2 Å². The van der Waals surface area contributed by atoms with Crippen molar-refractivity contribution in [2.24, 2.45) is 0 Å². The molecule has 0 heterocycles. The summed E-state index contributed by atoms with van der Waals surface area (Å²) in [5, 5.41) is 3.41. The van der Waals surface area contributed by atoms with Crippen molar-refractivity contribution in [1.29, 1.82) is 0 Å². The number of hydrogen-bond donors (Lipinski definition) is 1. The SMILES string of the molecule is CCOc1cc(CNc2ccc(OC)cc2)cc(Br)c1OCc1ccccc1. The average Bonchev–Trinajstić information content (AvgIpc) is 2.73. The standard InChI is InChI=1S/C23H24BrNO3/c1-3-27-22-14-18(15-25-19-9-11-20(26-2)12-10-19)13-21(24)23(22)28-16-17-7-5-4-6-8-17/h4-14,25H,3,15-16H2,1-2H3. The Hall–Kier alpha value is -2.66. The quantitative estimate of drug-likeness (QED) is 0.438. The highest BCUT2D eigenvalue weighted by Gasteiger charge is 2.13. The molecule has 146 valence electrons. The first-order valence-electron chi connectivity index (χ1n) is 9.19. The highest BCUT2D eigenvalue weighted by atomic mass is 79.9. The smallest absolute Gasteiger partial charge is 0.175 e. The van der Waals surface area contributed by atoms with Crippen molar-refractivity contribution < 1.29 is 14.2 Å². The second kappa shape index (κ2) is 10.0. The number of benzene rings is 3. The minimum atomic E-state index is 0.489. The van der Waals surface area contributed by atoms with Crippen LogP contribution in [0, 0.1) is 0 Å². The van der Waals surface area contributed by atoms with Gasteiger partial charge in [-0.3, -0.25) is 0 Å². The highest BCUT2D eigenvalue weighted by Crippen LogP contribution is 2.37. The lowest BCUT2D eigenvalue weighted by atomic mass is 10.2. The molecular formula is C23H24BrNO3. The number of methoxy groups -OCH3 is 1. The van der Waals surface area contributed by atoms with E-state index >= 15 is 0 Å². The first-order valence-corrected chi connectivity index (χ1v) is 9.98. The third-order valence-corrected chi connectivity index (χ3v) is 4.77. The first kappa shape index (κ1) is 20.1. The number of ether oxygens (including phenoxy) is 3. The number of rotatable bonds is 9. The third kappa shape index (κ3) is 5.42. The van der Waals surface area contributed by atoms with Crippen LogP contribution in [0.3, 0.4) is 0 Å². The van der Waals surface area contributed by atoms with E-state index in [1.165, 1.54) is 0 Å². The lowest BCUT2D eigenvalue weighted by Crippen LogP contribution is -2.04. The van der Waals surface area contributed by atoms with Gasteiger partial charge in [-0.25, -0.2) is 0 Å². The van der Waals surface area contributed by atoms with Crippen LogP contribution in [0.1, 0.15) is 18.1 Å². The molecule has 0 aliphatic carbocycles. The van der Waals surface area contributed by atoms with Gasteiger partial charge in [-0.2, -0.15) is 0 Å². The fourth-order valence-corrected chi connectivity index (χ4v) is 3.37. The second-order valence-corrected chi connectivity index (χ2v) is 7.05. The maximum absolute atomic E-state index is 6.04. The minimum Gasteiger partial charge on any atom is -0.497 e. The highest BCUT2D eigenvalue weighted by molar-refractivity contribution is 9.10. The van der Waals surface area contributed by atoms with Crippen molar-refractivity contribution in [3.63, 3.8) is 0 Å². The Labute approximate surface area is 174 Å². The van der Waals surface area contributed by atoms with Crippen molar-refractivity contribution in [2.45, 2.75) is 20.1 Å². The maximum Gasteiger partial charge on any atom is 0.175 e. The van der Waals surface area contributed by atoms with Gasteiger partial charge in [0.2, 0.25) is 0 Å². The molecule has 0 radical (unpaired) electrons. The van der Waals surface area contributed by atoms with Crippen molar-refractivity contribution in [2.75, 3.05) is 19.0 Å². The maximum atomic E-state index is 6.04. The molecular weight excluding hydrogens is 418 g/mol. The molecule has 0 aliphatic heterocycles. The molecule has 4 nitrogen and oxygen atoms in total. The molecule has 0 fully saturated rings. The van der Waals surface area contributed by atoms with Gasteiger partial charge in [-0.15, -0.1) is 0 Å². The molecule has 0 aliphatic rings. The van der Waals surface area contributed by atoms with Crippen molar-refractivity contribution in [3.05, 3.63) is 82.3 Å². The zero-order valence-corrected chi connectivity index (χ0v) is 17.7. The van der Waals surface area contributed by atoms with E-state index in [2.05, 4.69) is 27.3 Å². The van der Waals surface area contributed by atoms with Gasteiger partial charge in [0.05, 0.1) is 18.2 Å². The Morgan fingerprint density at radius 2 is 1.64 bits per heavy atom. The summed E-state index contributed by atoms with van der Waals surface area (Å²) in [6.45, 7) is 3.70. The predicted octanol–water partition coefficient (Wildman–Crippen LogP) is 6.05. The summed E-state index contributed by atoms with van der Waals surface area (Å²) in [4.78, 5) is 0. The molecule has 5 heteroatoms. The molecule has 0 saturated carbocycles. The van der Waals surface area contributed by atoms with E-state index in [-0.39, 0.29) is 0 Å². The first-order chi connectivity index (χ1) is 13.7. The van der Waals surface area contributed by atoms with Crippen LogP contribution in [0.2, 0.25) is 0 Å². The van der Waals surface area contributed by atoms with Gasteiger partial charge in [-0.1, -0.05) is 30.3 Å². The van der Waals surface area contributed by atoms with E-state index in [1.807, 2.05) is 67.6 Å². The Bertz CT molecular complexity index is 882. The van der Waals surface area contributed by atoms with Gasteiger partial charge in [0.25, 0.3) is 0 Å². The van der Waals surface area contributed by atoms with Crippen molar-refractivity contribution in [3.8, 4) is 17.2 Å². The van der Waals surface area contributed by atoms with Gasteiger partial charge >= 0.3 is 0 Å². The lowest BCUT2D eigenvalue weighted by Gasteiger charge is -2.16. The summed E-state index contributed by atoms with van der Waals surface area (Å²) < 4.78 is 17.9. The van der Waals surface area contributed by atoms with Crippen LogP contribution < -0.4 is 19.5 Å². The molecule has 0 amide bonds. The van der Waals surface area contributed by atoms with Crippen LogP contribution in [0.25, 0.3) is 0 Å². The van der Waals surface area contributed by atoms with E-state index in [0.29, 0.717) is 19.8 Å². The number of hydrogen-bond acceptors (Lipinski definition) is 4. The summed E-state index contributed by atoms with van der Waals surface area (Å²) in [6, 6.07) is 22.0. The molecule has 0 atom stereocenters. The molecule has 28 heavy (non-hydrogen) atoms. The van der Waals surface area contributed by atoms with Gasteiger partial charge in [-0.05, 0) is 70.4 Å². The largest absolute Gasteiger partial charge is 0.497 e. The fraction of sp³-hybridized carbons (Fsp3) is 0.217. The molecule has 0 aromatic heterocycles. The molecule has 0 spiro atoms. The predicted molar refractivity (Wildman–Crippen MR) is 116 cm³/mol. The van der Waals surface area contributed by atoms with Crippen LogP contribution >= 0.6 is 15.9 Å². The van der Waals surface area contributed by atoms with Gasteiger partial charge < -0.3 is 19.5 Å². The number of nitrogens with one attached hydrogen (secondary N) is 1. The van der Waals surface area contributed by atoms with E-state index in [1.54, 1.807) is 7.11 Å². The van der Waals surface area contributed by atoms with E-state index < -0.39 is 0 Å². The van der Waals surface area contributed by atoms with Crippen LogP contribution in [0.4, 0.5) is 5.69 Å². The van der Waals surface area contributed by atoms with E-state index in [9.17, 15) is 0 Å². The number of halogens is 1. The third-order valence-electron chi connectivity index (χ3n) is 4.18. The zero-order valence-electron chi connectivity index (χ0n) is 16.1. The summed E-state index contributed by atoms with van der Waals surface area (Å²) in [5.74, 6) is 2.30. The Kier molecular flexibility index (Phi) is 7.20. The molecule has 0 bridgehead atoms. The molecule has 3 aromatic carbocycles. The lowest BCUT2D eigenvalue weighted by molar-refractivity contribution is 0.267. The van der Waals surface area contributed by atoms with Crippen LogP contribution in [0.15, 0.2) is 71.2 Å². The van der Waals surface area contributed by atoms with Gasteiger partial charge in [0.1, 0.15) is 12.4 Å². The average molecular weight is 442 g/mol. The van der Waals surface area contributed by atoms with E-state index in [0.717, 1.165) is 38.5 Å². The van der Waals surface area contributed by atoms with Crippen LogP contribution in [-0.4, -0.2) is 13.7 Å². The molecule has 0 unspecified atom stereocenters. The summed E-state index contributed by atoms with van der Waals surface area (Å²) in [7, 11) is 1.66. The second-order valence-electron chi connectivity index (χ2n) is 6.19. The van der Waals surface area contributed by atoms with Gasteiger partial charge in [0.15, 0.2) is 11.5 Å². The monoisotopic (exact) mass is 441 g/mol.